The molecule has 0 fully saturated rings. The average Bonchev–Trinajstić information content (AvgIpc) is 3.25. The molecule has 1 heterocycles. The highest BCUT2D eigenvalue weighted by atomic mass is 32.1. The second kappa shape index (κ2) is 10.8. The van der Waals surface area contributed by atoms with E-state index in [2.05, 4.69) is 13.2 Å². The van der Waals surface area contributed by atoms with Gasteiger partial charge < -0.3 is 14.2 Å². The summed E-state index contributed by atoms with van der Waals surface area (Å²) in [6, 6.07) is 7.26. The van der Waals surface area contributed by atoms with E-state index in [9.17, 15) is 20.1 Å². The molecule has 0 amide bonds. The number of ether oxygens (including phenoxy) is 3. The summed E-state index contributed by atoms with van der Waals surface area (Å²) in [6.07, 6.45) is 1.19. The largest absolute Gasteiger partial charge is 0.467 e. The lowest BCUT2D eigenvalue weighted by Crippen LogP contribution is -2.35. The van der Waals surface area contributed by atoms with Gasteiger partial charge in [0.25, 0.3) is 0 Å². The molecule has 0 bridgehead atoms. The van der Waals surface area contributed by atoms with E-state index in [1.54, 1.807) is 17.5 Å². The van der Waals surface area contributed by atoms with Crippen molar-refractivity contribution in [3.05, 3.63) is 53.3 Å². The highest BCUT2D eigenvalue weighted by molar-refractivity contribution is 7.11. The number of nitrogens with zero attached hydrogens (tertiary/aromatic N) is 2. The van der Waals surface area contributed by atoms with Crippen molar-refractivity contribution in [1.29, 1.82) is 10.5 Å². The van der Waals surface area contributed by atoms with Crippen LogP contribution in [-0.4, -0.2) is 38.9 Å². The van der Waals surface area contributed by atoms with Crippen LogP contribution in [0.15, 0.2) is 48.4 Å². The quantitative estimate of drug-likeness (QED) is 0.337. The molecule has 0 aliphatic heterocycles. The molecule has 8 heteroatoms. The molecule has 1 aromatic rings. The summed E-state index contributed by atoms with van der Waals surface area (Å²) in [4.78, 5) is 25.6. The molecule has 146 valence electrons. The van der Waals surface area contributed by atoms with Gasteiger partial charge in [0.1, 0.15) is 0 Å². The Bertz CT molecular complexity index is 829. The summed E-state index contributed by atoms with van der Waals surface area (Å²) in [5, 5.41) is 21.4. The fourth-order valence-corrected chi connectivity index (χ4v) is 3.39. The van der Waals surface area contributed by atoms with E-state index in [4.69, 9.17) is 14.2 Å². The smallest absolute Gasteiger partial charge is 0.339 e. The lowest BCUT2D eigenvalue weighted by molar-refractivity contribution is -0.154. The van der Waals surface area contributed by atoms with E-state index in [0.29, 0.717) is 4.88 Å². The molecule has 1 atom stereocenters. The van der Waals surface area contributed by atoms with Crippen LogP contribution in [0.25, 0.3) is 5.57 Å². The topological polar surface area (TPSA) is 109 Å². The van der Waals surface area contributed by atoms with Gasteiger partial charge in [0.15, 0.2) is 11.5 Å². The van der Waals surface area contributed by atoms with Crippen molar-refractivity contribution >= 4 is 28.8 Å². The number of thiophene rings is 1. The molecule has 0 saturated heterocycles. The number of hydrogen-bond donors (Lipinski definition) is 0. The van der Waals surface area contributed by atoms with Crippen LogP contribution in [0, 0.1) is 28.1 Å². The highest BCUT2D eigenvalue weighted by Crippen LogP contribution is 2.43. The molecular formula is C20H20N2O5S. The zero-order valence-corrected chi connectivity index (χ0v) is 16.5. The summed E-state index contributed by atoms with van der Waals surface area (Å²) in [7, 11) is 2.27. The normalized spacial score (nSPS) is 12.6. The molecule has 0 radical (unpaired) electrons. The highest BCUT2D eigenvalue weighted by Gasteiger charge is 2.44. The van der Waals surface area contributed by atoms with Gasteiger partial charge in [0, 0.05) is 16.9 Å². The molecule has 0 aromatic carbocycles. The zero-order chi connectivity index (χ0) is 21.2. The first-order valence-electron chi connectivity index (χ1n) is 8.06. The summed E-state index contributed by atoms with van der Waals surface area (Å²) in [6.45, 7) is 7.05. The van der Waals surface area contributed by atoms with E-state index in [1.807, 2.05) is 12.1 Å². The van der Waals surface area contributed by atoms with Crippen molar-refractivity contribution in [2.24, 2.45) is 5.41 Å². The van der Waals surface area contributed by atoms with Crippen LogP contribution >= 0.6 is 11.3 Å². The monoisotopic (exact) mass is 400 g/mol. The van der Waals surface area contributed by atoms with Crippen molar-refractivity contribution in [2.45, 2.75) is 12.5 Å². The molecule has 0 saturated carbocycles. The lowest BCUT2D eigenvalue weighted by Gasteiger charge is -2.26. The van der Waals surface area contributed by atoms with Crippen molar-refractivity contribution in [3.8, 4) is 12.1 Å². The van der Waals surface area contributed by atoms with Crippen molar-refractivity contribution in [2.75, 3.05) is 20.8 Å². The van der Waals surface area contributed by atoms with Crippen LogP contribution in [0.2, 0.25) is 0 Å². The number of carbonyl (C=O) groups is 2. The minimum atomic E-state index is -1.79. The van der Waals surface area contributed by atoms with Gasteiger partial charge >= 0.3 is 11.9 Å². The molecule has 0 aliphatic carbocycles. The van der Waals surface area contributed by atoms with Crippen LogP contribution in [0.4, 0.5) is 0 Å². The molecule has 28 heavy (non-hydrogen) atoms. The van der Waals surface area contributed by atoms with Gasteiger partial charge in [0.05, 0.1) is 38.5 Å². The van der Waals surface area contributed by atoms with Crippen molar-refractivity contribution < 1.29 is 23.8 Å². The van der Waals surface area contributed by atoms with E-state index in [0.717, 1.165) is 14.2 Å². The van der Waals surface area contributed by atoms with Crippen molar-refractivity contribution in [3.63, 3.8) is 0 Å². The van der Waals surface area contributed by atoms with Gasteiger partial charge in [-0.15, -0.1) is 24.5 Å². The Morgan fingerprint density at radius 1 is 1.25 bits per heavy atom. The molecule has 1 unspecified atom stereocenters. The van der Waals surface area contributed by atoms with E-state index in [-0.39, 0.29) is 24.2 Å². The Labute approximate surface area is 167 Å². The number of carbonyl (C=O) groups excluding carboxylic acids is 2. The summed E-state index contributed by atoms with van der Waals surface area (Å²) < 4.78 is 15.1. The van der Waals surface area contributed by atoms with Gasteiger partial charge in [-0.25, -0.2) is 9.59 Å². The number of methoxy groups -OCH3 is 2. The van der Waals surface area contributed by atoms with Crippen LogP contribution in [-0.2, 0) is 23.8 Å². The average molecular weight is 400 g/mol. The Kier molecular flexibility index (Phi) is 8.83. The second-order valence-electron chi connectivity index (χ2n) is 5.40. The SMILES string of the molecule is C=CCOC(C(=O)OC)/C(C(=O)OC)=C(\c1cccs1)C(C#N)(C#N)CC=C. The number of rotatable bonds is 10. The maximum atomic E-state index is 12.7. The van der Waals surface area contributed by atoms with E-state index in [1.165, 1.54) is 23.5 Å². The number of hydrogen-bond acceptors (Lipinski definition) is 8. The standard InChI is InChI=1S/C20H20N2O5S/c1-5-9-20(12-21,13-22)16(14-8-7-11-28-14)15(18(23)25-3)17(19(24)26-4)27-10-6-2/h5-8,11,17H,1-2,9-10H2,3-4H3/b16-15-. The van der Waals surface area contributed by atoms with Gasteiger partial charge in [-0.2, -0.15) is 10.5 Å². The van der Waals surface area contributed by atoms with E-state index >= 15 is 0 Å². The number of esters is 2. The first kappa shape index (κ1) is 22.8. The molecule has 1 aromatic heterocycles. The van der Waals surface area contributed by atoms with Crippen LogP contribution in [0.5, 0.6) is 0 Å². The fraction of sp³-hybridized carbons (Fsp3) is 0.300. The minimum absolute atomic E-state index is 0.0266. The minimum Gasteiger partial charge on any atom is -0.467 e. The Hall–Kier alpha value is -3.20. The number of nitriles is 2. The summed E-state index contributed by atoms with van der Waals surface area (Å²) in [5.74, 6) is -1.79. The van der Waals surface area contributed by atoms with E-state index < -0.39 is 23.5 Å². The van der Waals surface area contributed by atoms with Crippen LogP contribution < -0.4 is 0 Å². The lowest BCUT2D eigenvalue weighted by atomic mass is 9.75. The first-order valence-corrected chi connectivity index (χ1v) is 8.94. The maximum absolute atomic E-state index is 12.7. The molecule has 0 spiro atoms. The molecular weight excluding hydrogens is 380 g/mol. The third-order valence-corrected chi connectivity index (χ3v) is 4.65. The summed E-state index contributed by atoms with van der Waals surface area (Å²) >= 11 is 1.20. The van der Waals surface area contributed by atoms with Crippen LogP contribution in [0.3, 0.4) is 0 Å². The van der Waals surface area contributed by atoms with Crippen molar-refractivity contribution in [1.82, 2.24) is 0 Å². The van der Waals surface area contributed by atoms with Gasteiger partial charge in [-0.05, 0) is 11.4 Å². The van der Waals surface area contributed by atoms with Gasteiger partial charge in [0.2, 0.25) is 0 Å². The third-order valence-electron chi connectivity index (χ3n) is 3.76. The molecule has 7 nitrogen and oxygen atoms in total. The zero-order valence-electron chi connectivity index (χ0n) is 15.6. The fourth-order valence-electron chi connectivity index (χ4n) is 2.53. The Morgan fingerprint density at radius 3 is 2.36 bits per heavy atom. The maximum Gasteiger partial charge on any atom is 0.339 e. The third kappa shape index (κ3) is 4.74. The van der Waals surface area contributed by atoms with Gasteiger partial charge in [-0.3, -0.25) is 0 Å². The first-order chi connectivity index (χ1) is 13.5. The summed E-state index contributed by atoms with van der Waals surface area (Å²) in [5.41, 5.74) is -2.04. The Balaban J connectivity index is 4.01. The number of allylic oxidation sites excluding steroid dienone is 2. The van der Waals surface area contributed by atoms with Crippen LogP contribution in [0.1, 0.15) is 11.3 Å². The second-order valence-corrected chi connectivity index (χ2v) is 6.35. The predicted octanol–water partition coefficient (Wildman–Crippen LogP) is 3.03. The van der Waals surface area contributed by atoms with Gasteiger partial charge in [-0.1, -0.05) is 18.2 Å². The molecule has 0 N–H and O–H groups in total. The Morgan fingerprint density at radius 2 is 1.93 bits per heavy atom. The molecule has 1 rings (SSSR count). The molecule has 0 aliphatic rings. The predicted molar refractivity (Wildman–Crippen MR) is 104 cm³/mol.